The Morgan fingerprint density at radius 1 is 1.20 bits per heavy atom. The van der Waals surface area contributed by atoms with Gasteiger partial charge in [-0.1, -0.05) is 23.7 Å². The number of aryl methyl sites for hydroxylation is 2. The van der Waals surface area contributed by atoms with Gasteiger partial charge >= 0.3 is 0 Å². The zero-order valence-electron chi connectivity index (χ0n) is 23.4. The number of fused-ring (bicyclic) bond motifs is 4. The molecule has 0 saturated heterocycles. The molecule has 2 aromatic heterocycles. The average molecular weight is 589 g/mol. The highest BCUT2D eigenvalue weighted by Crippen LogP contribution is 2.39. The molecule has 0 unspecified atom stereocenters. The lowest BCUT2D eigenvalue weighted by Gasteiger charge is -2.13. The SMILES string of the molecule is Cc1sc2c(c1C)C(c1ccc(Cl)cc1)=N[C@@H](CC(=O)Nc1ccc3c(c1)CO/C3=N\OC(C)C)c1nnc(C)n1-2. The van der Waals surface area contributed by atoms with Crippen LogP contribution in [0.25, 0.3) is 5.00 Å². The van der Waals surface area contributed by atoms with Crippen molar-refractivity contribution in [3.05, 3.63) is 91.8 Å². The van der Waals surface area contributed by atoms with E-state index in [-0.39, 0.29) is 18.4 Å². The van der Waals surface area contributed by atoms with Crippen molar-refractivity contribution in [3.8, 4) is 5.00 Å². The van der Waals surface area contributed by atoms with Crippen molar-refractivity contribution in [2.24, 2.45) is 10.1 Å². The zero-order chi connectivity index (χ0) is 28.8. The van der Waals surface area contributed by atoms with Crippen LogP contribution in [0, 0.1) is 20.8 Å². The molecule has 9 nitrogen and oxygen atoms in total. The second-order valence-electron chi connectivity index (χ2n) is 10.4. The first kappa shape index (κ1) is 27.2. The van der Waals surface area contributed by atoms with E-state index in [4.69, 9.17) is 26.2 Å². The van der Waals surface area contributed by atoms with Crippen LogP contribution in [-0.4, -0.2) is 38.4 Å². The maximum atomic E-state index is 13.4. The molecule has 11 heteroatoms. The molecule has 6 rings (SSSR count). The Hall–Kier alpha value is -4.02. The number of nitrogens with one attached hydrogen (secondary N) is 1. The van der Waals surface area contributed by atoms with Crippen molar-refractivity contribution in [2.45, 2.75) is 59.8 Å². The van der Waals surface area contributed by atoms with Crippen LogP contribution in [0.1, 0.15) is 70.7 Å². The number of hydrogen-bond acceptors (Lipinski definition) is 8. The number of carbonyl (C=O) groups excluding carboxylic acids is 1. The van der Waals surface area contributed by atoms with Crippen LogP contribution in [0.4, 0.5) is 5.69 Å². The van der Waals surface area contributed by atoms with Gasteiger partial charge in [-0.2, -0.15) is 0 Å². The summed E-state index contributed by atoms with van der Waals surface area (Å²) >= 11 is 7.89. The largest absolute Gasteiger partial charge is 0.470 e. The molecule has 0 spiro atoms. The molecule has 0 bridgehead atoms. The van der Waals surface area contributed by atoms with Gasteiger partial charge in [0.25, 0.3) is 5.90 Å². The summed E-state index contributed by atoms with van der Waals surface area (Å²) < 4.78 is 7.72. The first-order chi connectivity index (χ1) is 19.7. The van der Waals surface area contributed by atoms with Crippen LogP contribution >= 0.6 is 22.9 Å². The summed E-state index contributed by atoms with van der Waals surface area (Å²) in [5.41, 5.74) is 6.36. The van der Waals surface area contributed by atoms with Crippen molar-refractivity contribution in [2.75, 3.05) is 5.32 Å². The summed E-state index contributed by atoms with van der Waals surface area (Å²) in [5, 5.41) is 17.6. The molecule has 1 amide bonds. The fourth-order valence-corrected chi connectivity index (χ4v) is 6.31. The molecular formula is C30H29ClN6O3S. The highest BCUT2D eigenvalue weighted by Gasteiger charge is 2.32. The molecule has 0 saturated carbocycles. The lowest BCUT2D eigenvalue weighted by atomic mass is 9.99. The smallest absolute Gasteiger partial charge is 0.258 e. The summed E-state index contributed by atoms with van der Waals surface area (Å²) in [5.74, 6) is 1.65. The highest BCUT2D eigenvalue weighted by atomic mass is 35.5. The Morgan fingerprint density at radius 2 is 1.98 bits per heavy atom. The fourth-order valence-electron chi connectivity index (χ4n) is 4.97. The number of carbonyl (C=O) groups is 1. The summed E-state index contributed by atoms with van der Waals surface area (Å²) in [4.78, 5) is 25.2. The number of anilines is 1. The van der Waals surface area contributed by atoms with Gasteiger partial charge in [0.15, 0.2) is 5.82 Å². The molecule has 0 fully saturated rings. The van der Waals surface area contributed by atoms with Gasteiger partial charge in [-0.15, -0.1) is 21.5 Å². The fraction of sp³-hybridized carbons (Fsp3) is 0.300. The minimum atomic E-state index is -0.550. The van der Waals surface area contributed by atoms with Crippen molar-refractivity contribution >= 4 is 46.1 Å². The van der Waals surface area contributed by atoms with E-state index in [0.717, 1.165) is 44.4 Å². The van der Waals surface area contributed by atoms with E-state index in [9.17, 15) is 4.79 Å². The van der Waals surface area contributed by atoms with Gasteiger partial charge < -0.3 is 14.9 Å². The van der Waals surface area contributed by atoms with Gasteiger partial charge in [-0.05, 0) is 75.7 Å². The van der Waals surface area contributed by atoms with E-state index < -0.39 is 6.04 Å². The number of benzene rings is 2. The Balaban J connectivity index is 1.33. The summed E-state index contributed by atoms with van der Waals surface area (Å²) in [6, 6.07) is 12.7. The molecular weight excluding hydrogens is 560 g/mol. The lowest BCUT2D eigenvalue weighted by Crippen LogP contribution is -2.17. The van der Waals surface area contributed by atoms with Crippen molar-refractivity contribution in [1.82, 2.24) is 14.8 Å². The number of halogens is 1. The van der Waals surface area contributed by atoms with Gasteiger partial charge in [0.1, 0.15) is 29.6 Å². The number of thiophene rings is 1. The number of hydrogen-bond donors (Lipinski definition) is 1. The summed E-state index contributed by atoms with van der Waals surface area (Å²) in [6.45, 7) is 10.3. The van der Waals surface area contributed by atoms with E-state index in [1.165, 1.54) is 4.88 Å². The number of oxime groups is 1. The van der Waals surface area contributed by atoms with Gasteiger partial charge in [0, 0.05) is 37.8 Å². The topological polar surface area (TPSA) is 103 Å². The van der Waals surface area contributed by atoms with Gasteiger partial charge in [0.05, 0.1) is 12.1 Å². The second kappa shape index (κ2) is 10.8. The molecule has 41 heavy (non-hydrogen) atoms. The second-order valence-corrected chi connectivity index (χ2v) is 12.0. The summed E-state index contributed by atoms with van der Waals surface area (Å²) in [6.07, 6.45) is 0.0409. The van der Waals surface area contributed by atoms with E-state index in [1.807, 2.05) is 67.8 Å². The molecule has 4 heterocycles. The van der Waals surface area contributed by atoms with Crippen molar-refractivity contribution in [1.29, 1.82) is 0 Å². The van der Waals surface area contributed by atoms with Crippen LogP contribution in [0.2, 0.25) is 5.02 Å². The van der Waals surface area contributed by atoms with E-state index in [0.29, 0.717) is 29.0 Å². The summed E-state index contributed by atoms with van der Waals surface area (Å²) in [7, 11) is 0. The number of amides is 1. The monoisotopic (exact) mass is 588 g/mol. The number of aliphatic imine (C=N–C) groups is 1. The molecule has 1 N–H and O–H groups in total. The zero-order valence-corrected chi connectivity index (χ0v) is 24.9. The molecule has 1 atom stereocenters. The highest BCUT2D eigenvalue weighted by molar-refractivity contribution is 7.15. The molecule has 4 aromatic rings. The Labute approximate surface area is 246 Å². The normalized spacial score (nSPS) is 16.5. The third-order valence-electron chi connectivity index (χ3n) is 7.07. The maximum absolute atomic E-state index is 13.4. The standard InChI is InChI=1S/C30H29ClN6O3S/c1-15(2)40-36-29-23-11-10-22(12-20(23)14-39-29)32-25(38)13-24-28-35-34-18(5)37(28)30-26(16(3)17(4)41-30)27(33-24)19-6-8-21(31)9-7-19/h6-12,15,24H,13-14H2,1-5H3,(H,32,38)/b36-29-/t24-/m0/s1. The predicted octanol–water partition coefficient (Wildman–Crippen LogP) is 6.45. The molecule has 0 aliphatic carbocycles. The Morgan fingerprint density at radius 3 is 2.73 bits per heavy atom. The first-order valence-corrected chi connectivity index (χ1v) is 14.5. The number of ether oxygens (including phenoxy) is 1. The molecule has 0 radical (unpaired) electrons. The molecule has 210 valence electrons. The minimum Gasteiger partial charge on any atom is -0.470 e. The molecule has 2 aromatic carbocycles. The number of rotatable bonds is 6. The third-order valence-corrected chi connectivity index (χ3v) is 8.51. The average Bonchev–Trinajstić information content (AvgIpc) is 3.58. The number of nitrogens with zero attached hydrogens (tertiary/aromatic N) is 5. The van der Waals surface area contributed by atoms with Gasteiger partial charge in [-0.3, -0.25) is 14.4 Å². The van der Waals surface area contributed by atoms with Crippen LogP contribution in [0.3, 0.4) is 0 Å². The Bertz CT molecular complexity index is 1720. The van der Waals surface area contributed by atoms with Crippen molar-refractivity contribution in [3.63, 3.8) is 0 Å². The minimum absolute atomic E-state index is 0.0472. The van der Waals surface area contributed by atoms with Crippen LogP contribution in [-0.2, 0) is 21.0 Å². The first-order valence-electron chi connectivity index (χ1n) is 13.4. The third kappa shape index (κ3) is 5.13. The quantitative estimate of drug-likeness (QED) is 0.261. The molecule has 2 aliphatic heterocycles. The molecule has 2 aliphatic rings. The van der Waals surface area contributed by atoms with Crippen LogP contribution < -0.4 is 5.32 Å². The van der Waals surface area contributed by atoms with E-state index in [2.05, 4.69) is 34.5 Å². The van der Waals surface area contributed by atoms with Gasteiger partial charge in [-0.25, -0.2) is 0 Å². The Kier molecular flexibility index (Phi) is 7.13. The van der Waals surface area contributed by atoms with Crippen LogP contribution in [0.5, 0.6) is 0 Å². The number of aromatic nitrogens is 3. The maximum Gasteiger partial charge on any atom is 0.258 e. The van der Waals surface area contributed by atoms with Crippen LogP contribution in [0.15, 0.2) is 52.6 Å². The lowest BCUT2D eigenvalue weighted by molar-refractivity contribution is -0.116. The van der Waals surface area contributed by atoms with E-state index >= 15 is 0 Å². The van der Waals surface area contributed by atoms with Crippen molar-refractivity contribution < 1.29 is 14.4 Å². The predicted molar refractivity (Wildman–Crippen MR) is 161 cm³/mol. The van der Waals surface area contributed by atoms with E-state index in [1.54, 1.807) is 11.3 Å². The van der Waals surface area contributed by atoms with Gasteiger partial charge in [0.2, 0.25) is 5.91 Å².